The molecule has 0 aliphatic heterocycles. The third-order valence-corrected chi connectivity index (χ3v) is 2.85. The van der Waals surface area contributed by atoms with Crippen molar-refractivity contribution in [3.05, 3.63) is 40.6 Å². The molecular weight excluding hydrogens is 286 g/mol. The monoisotopic (exact) mass is 295 g/mol. The molecule has 0 amide bonds. The van der Waals surface area contributed by atoms with Crippen LogP contribution in [0.15, 0.2) is 35.1 Å². The van der Waals surface area contributed by atoms with E-state index in [9.17, 15) is 4.79 Å². The summed E-state index contributed by atoms with van der Waals surface area (Å²) in [5.41, 5.74) is 7.04. The lowest BCUT2D eigenvalue weighted by Crippen LogP contribution is -2.03. The number of nitrogens with two attached hydrogens (primary N) is 1. The average Bonchev–Trinajstić information content (AvgIpc) is 2.68. The molecule has 1 aromatic carbocycles. The number of hydrogen-bond donors (Lipinski definition) is 1. The number of carbonyl (C=O) groups is 1. The molecule has 2 N–H and O–H groups in total. The van der Waals surface area contributed by atoms with E-state index in [0.29, 0.717) is 11.5 Å². The van der Waals surface area contributed by atoms with Gasteiger partial charge in [0.15, 0.2) is 0 Å². The summed E-state index contributed by atoms with van der Waals surface area (Å²) < 4.78 is 7.10. The van der Waals surface area contributed by atoms with Crippen LogP contribution in [0.5, 0.6) is 0 Å². The van der Waals surface area contributed by atoms with Gasteiger partial charge in [-0.1, -0.05) is 0 Å². The maximum absolute atomic E-state index is 11.3. The molecule has 0 aliphatic carbocycles. The van der Waals surface area contributed by atoms with Gasteiger partial charge in [-0.15, -0.1) is 0 Å². The van der Waals surface area contributed by atoms with Gasteiger partial charge in [-0.25, -0.2) is 9.78 Å². The van der Waals surface area contributed by atoms with Crippen molar-refractivity contribution in [2.24, 2.45) is 0 Å². The first kappa shape index (κ1) is 11.7. The molecule has 2 rings (SSSR count). The first-order valence-electron chi connectivity index (χ1n) is 4.81. The zero-order valence-electron chi connectivity index (χ0n) is 9.05. The number of nitrogen functional groups attached to an aromatic ring is 1. The van der Waals surface area contributed by atoms with Gasteiger partial charge in [0, 0.05) is 5.69 Å². The molecule has 0 bridgehead atoms. The van der Waals surface area contributed by atoms with E-state index in [4.69, 9.17) is 5.73 Å². The van der Waals surface area contributed by atoms with Crippen LogP contribution in [-0.4, -0.2) is 22.6 Å². The molecule has 0 fully saturated rings. The number of nitrogens with zero attached hydrogens (tertiary/aromatic N) is 2. The van der Waals surface area contributed by atoms with Crippen LogP contribution in [0.3, 0.4) is 0 Å². The van der Waals surface area contributed by atoms with Gasteiger partial charge < -0.3 is 10.5 Å². The lowest BCUT2D eigenvalue weighted by atomic mass is 10.2. The fourth-order valence-electron chi connectivity index (χ4n) is 1.46. The second-order valence-corrected chi connectivity index (χ2v) is 4.13. The third kappa shape index (κ3) is 2.16. The van der Waals surface area contributed by atoms with E-state index in [1.54, 1.807) is 35.0 Å². The minimum Gasteiger partial charge on any atom is -0.465 e. The highest BCUT2D eigenvalue weighted by molar-refractivity contribution is 9.10. The minimum absolute atomic E-state index is 0.366. The zero-order chi connectivity index (χ0) is 12.4. The SMILES string of the molecule is COC(=O)c1ccc(-n2c(Br)cnc2N)cc1. The maximum Gasteiger partial charge on any atom is 0.337 e. The second-order valence-electron chi connectivity index (χ2n) is 3.31. The summed E-state index contributed by atoms with van der Waals surface area (Å²) in [7, 11) is 1.35. The predicted molar refractivity (Wildman–Crippen MR) is 67.0 cm³/mol. The first-order chi connectivity index (χ1) is 8.13. The van der Waals surface area contributed by atoms with Crippen molar-refractivity contribution in [1.29, 1.82) is 0 Å². The lowest BCUT2D eigenvalue weighted by molar-refractivity contribution is 0.0601. The number of esters is 1. The molecule has 1 heterocycles. The lowest BCUT2D eigenvalue weighted by Gasteiger charge is -2.07. The summed E-state index contributed by atoms with van der Waals surface area (Å²) in [5.74, 6) is 0.0110. The largest absolute Gasteiger partial charge is 0.465 e. The molecule has 1 aromatic heterocycles. The van der Waals surface area contributed by atoms with Crippen molar-refractivity contribution in [2.75, 3.05) is 12.8 Å². The molecule has 5 nitrogen and oxygen atoms in total. The van der Waals surface area contributed by atoms with Crippen LogP contribution in [-0.2, 0) is 4.74 Å². The molecule has 0 unspecified atom stereocenters. The van der Waals surface area contributed by atoms with Gasteiger partial charge in [0.05, 0.1) is 18.9 Å². The van der Waals surface area contributed by atoms with Gasteiger partial charge >= 0.3 is 5.97 Å². The Kier molecular flexibility index (Phi) is 3.14. The highest BCUT2D eigenvalue weighted by Gasteiger charge is 2.09. The van der Waals surface area contributed by atoms with Gasteiger partial charge in [0.25, 0.3) is 0 Å². The standard InChI is InChI=1S/C11H10BrN3O2/c1-17-10(16)7-2-4-8(5-3-7)15-9(12)6-14-11(15)13/h2-6H,1H3,(H2,13,14). The van der Waals surface area contributed by atoms with Gasteiger partial charge in [-0.2, -0.15) is 0 Å². The Balaban J connectivity index is 2.39. The highest BCUT2D eigenvalue weighted by atomic mass is 79.9. The summed E-state index contributed by atoms with van der Waals surface area (Å²) in [4.78, 5) is 15.2. The number of carbonyl (C=O) groups excluding carboxylic acids is 1. The molecule has 0 radical (unpaired) electrons. The molecule has 17 heavy (non-hydrogen) atoms. The predicted octanol–water partition coefficient (Wildman–Crippen LogP) is 2.00. The van der Waals surface area contributed by atoms with Crippen LogP contribution >= 0.6 is 15.9 Å². The highest BCUT2D eigenvalue weighted by Crippen LogP contribution is 2.21. The van der Waals surface area contributed by atoms with E-state index < -0.39 is 0 Å². The first-order valence-corrected chi connectivity index (χ1v) is 5.60. The van der Waals surface area contributed by atoms with Crippen molar-refractivity contribution < 1.29 is 9.53 Å². The van der Waals surface area contributed by atoms with E-state index in [0.717, 1.165) is 10.3 Å². The molecule has 0 atom stereocenters. The van der Waals surface area contributed by atoms with Crippen LogP contribution in [0.1, 0.15) is 10.4 Å². The molecule has 88 valence electrons. The molecule has 0 saturated heterocycles. The summed E-state index contributed by atoms with van der Waals surface area (Å²) in [5, 5.41) is 0. The molecule has 0 saturated carbocycles. The minimum atomic E-state index is -0.366. The fourth-order valence-corrected chi connectivity index (χ4v) is 1.95. The van der Waals surface area contributed by atoms with Crippen molar-refractivity contribution in [3.8, 4) is 5.69 Å². The molecule has 0 spiro atoms. The Bertz CT molecular complexity index is 529. The van der Waals surface area contributed by atoms with E-state index in [1.165, 1.54) is 7.11 Å². The van der Waals surface area contributed by atoms with Gasteiger partial charge in [-0.05, 0) is 40.2 Å². The van der Waals surface area contributed by atoms with Crippen molar-refractivity contribution >= 4 is 27.8 Å². The maximum atomic E-state index is 11.3. The Morgan fingerprint density at radius 1 is 1.41 bits per heavy atom. The molecule has 0 aliphatic rings. The van der Waals surface area contributed by atoms with Gasteiger partial charge in [0.1, 0.15) is 4.60 Å². The van der Waals surface area contributed by atoms with Crippen LogP contribution in [0.4, 0.5) is 5.95 Å². The van der Waals surface area contributed by atoms with Crippen LogP contribution < -0.4 is 5.73 Å². The van der Waals surface area contributed by atoms with E-state index in [1.807, 2.05) is 0 Å². The Morgan fingerprint density at radius 2 is 2.06 bits per heavy atom. The van der Waals surface area contributed by atoms with Crippen LogP contribution in [0, 0.1) is 0 Å². The number of anilines is 1. The number of rotatable bonds is 2. The number of aromatic nitrogens is 2. The normalized spacial score (nSPS) is 10.2. The summed E-state index contributed by atoms with van der Waals surface area (Å²) >= 11 is 3.34. The number of hydrogen-bond acceptors (Lipinski definition) is 4. The quantitative estimate of drug-likeness (QED) is 0.861. The number of benzene rings is 1. The summed E-state index contributed by atoms with van der Waals surface area (Å²) in [6.45, 7) is 0. The van der Waals surface area contributed by atoms with Crippen LogP contribution in [0.2, 0.25) is 0 Å². The Labute approximate surface area is 106 Å². The number of ether oxygens (including phenoxy) is 1. The molecule has 2 aromatic rings. The van der Waals surface area contributed by atoms with Crippen LogP contribution in [0.25, 0.3) is 5.69 Å². The van der Waals surface area contributed by atoms with Crippen molar-refractivity contribution in [2.45, 2.75) is 0 Å². The van der Waals surface area contributed by atoms with Gasteiger partial charge in [0.2, 0.25) is 5.95 Å². The zero-order valence-corrected chi connectivity index (χ0v) is 10.6. The number of halogens is 1. The van der Waals surface area contributed by atoms with Crippen molar-refractivity contribution in [1.82, 2.24) is 9.55 Å². The van der Waals surface area contributed by atoms with Gasteiger partial charge in [-0.3, -0.25) is 4.57 Å². The van der Waals surface area contributed by atoms with E-state index in [2.05, 4.69) is 25.7 Å². The summed E-state index contributed by atoms with van der Waals surface area (Å²) in [6.07, 6.45) is 1.61. The Morgan fingerprint density at radius 3 is 2.53 bits per heavy atom. The Hall–Kier alpha value is -1.82. The number of imidazole rings is 1. The fraction of sp³-hybridized carbons (Fsp3) is 0.0909. The van der Waals surface area contributed by atoms with E-state index in [-0.39, 0.29) is 5.97 Å². The second kappa shape index (κ2) is 4.58. The average molecular weight is 296 g/mol. The molecule has 6 heteroatoms. The van der Waals surface area contributed by atoms with E-state index >= 15 is 0 Å². The smallest absolute Gasteiger partial charge is 0.337 e. The number of methoxy groups -OCH3 is 1. The summed E-state index contributed by atoms with van der Waals surface area (Å²) in [6, 6.07) is 6.89. The third-order valence-electron chi connectivity index (χ3n) is 2.29. The van der Waals surface area contributed by atoms with Crippen molar-refractivity contribution in [3.63, 3.8) is 0 Å². The topological polar surface area (TPSA) is 70.1 Å². The molecular formula is C11H10BrN3O2.